The lowest BCUT2D eigenvalue weighted by Crippen LogP contribution is -2.55. The first-order valence-electron chi connectivity index (χ1n) is 6.71. The molecule has 0 aromatic carbocycles. The average molecular weight is 303 g/mol. The van der Waals surface area contributed by atoms with Gasteiger partial charge in [0.05, 0.1) is 12.5 Å². The summed E-state index contributed by atoms with van der Waals surface area (Å²) in [4.78, 5) is 34.4. The molecule has 0 rings (SSSR count). The van der Waals surface area contributed by atoms with Gasteiger partial charge in [0.25, 0.3) is 0 Å². The van der Waals surface area contributed by atoms with E-state index < -0.39 is 36.3 Å². The fourth-order valence-corrected chi connectivity index (χ4v) is 1.56. The van der Waals surface area contributed by atoms with E-state index in [-0.39, 0.29) is 25.0 Å². The molecule has 0 aliphatic carbocycles. The molecule has 0 spiro atoms. The molecule has 0 heterocycles. The molecule has 0 fully saturated rings. The molecule has 2 atom stereocenters. The second kappa shape index (κ2) is 9.27. The lowest BCUT2D eigenvalue weighted by atomic mass is 10.0. The van der Waals surface area contributed by atoms with E-state index >= 15 is 0 Å². The summed E-state index contributed by atoms with van der Waals surface area (Å²) in [6.45, 7) is 3.87. The molecule has 0 aromatic heterocycles. The molecule has 0 aliphatic heterocycles. The van der Waals surface area contributed by atoms with Crippen molar-refractivity contribution in [1.82, 2.24) is 10.6 Å². The number of rotatable bonds is 9. The van der Waals surface area contributed by atoms with Crippen LogP contribution >= 0.6 is 0 Å². The van der Waals surface area contributed by atoms with Crippen molar-refractivity contribution in [2.45, 2.75) is 38.4 Å². The highest BCUT2D eigenvalue weighted by Gasteiger charge is 2.27. The average Bonchev–Trinajstić information content (AvgIpc) is 2.41. The van der Waals surface area contributed by atoms with Gasteiger partial charge in [0.15, 0.2) is 0 Å². The van der Waals surface area contributed by atoms with Crippen molar-refractivity contribution in [3.8, 4) is 0 Å². The summed E-state index contributed by atoms with van der Waals surface area (Å²) in [5.74, 6) is -2.48. The number of nitrogens with two attached hydrogens (primary N) is 3. The Hall–Kier alpha value is -1.71. The number of carboxylic acids is 1. The van der Waals surface area contributed by atoms with Crippen LogP contribution in [0.25, 0.3) is 0 Å². The number of nitrogens with one attached hydrogen (secondary N) is 2. The molecule has 0 aromatic rings. The van der Waals surface area contributed by atoms with Gasteiger partial charge >= 0.3 is 5.97 Å². The van der Waals surface area contributed by atoms with Crippen LogP contribution in [0.1, 0.15) is 20.3 Å². The van der Waals surface area contributed by atoms with Crippen molar-refractivity contribution in [3.63, 3.8) is 0 Å². The van der Waals surface area contributed by atoms with Crippen molar-refractivity contribution < 1.29 is 19.5 Å². The second-order valence-electron chi connectivity index (χ2n) is 5.11. The highest BCUT2D eigenvalue weighted by Crippen LogP contribution is 2.03. The molecular formula is C12H25N5O4. The largest absolute Gasteiger partial charge is 0.480 e. The van der Waals surface area contributed by atoms with Gasteiger partial charge in [-0.25, -0.2) is 0 Å². The van der Waals surface area contributed by atoms with Crippen LogP contribution in [0, 0.1) is 5.92 Å². The number of hydrogen-bond donors (Lipinski definition) is 6. The van der Waals surface area contributed by atoms with Crippen molar-refractivity contribution in [3.05, 3.63) is 0 Å². The fraction of sp³-hybridized carbons (Fsp3) is 0.750. The van der Waals surface area contributed by atoms with E-state index in [2.05, 4.69) is 10.6 Å². The van der Waals surface area contributed by atoms with E-state index in [9.17, 15) is 14.4 Å². The molecule has 0 aliphatic rings. The SMILES string of the molecule is CC(C)[C@H](NC(=O)C[C@H](N)C(=O)O)C(=O)NC(CN)CN. The van der Waals surface area contributed by atoms with Gasteiger partial charge in [-0.1, -0.05) is 13.8 Å². The molecule has 122 valence electrons. The topological polar surface area (TPSA) is 174 Å². The molecule has 9 nitrogen and oxygen atoms in total. The second-order valence-corrected chi connectivity index (χ2v) is 5.11. The minimum atomic E-state index is -1.30. The summed E-state index contributed by atoms with van der Waals surface area (Å²) in [7, 11) is 0. The molecule has 9 heteroatoms. The zero-order valence-corrected chi connectivity index (χ0v) is 12.3. The summed E-state index contributed by atoms with van der Waals surface area (Å²) in [6.07, 6.45) is -0.400. The maximum atomic E-state index is 12.1. The van der Waals surface area contributed by atoms with Crippen LogP contribution in [0.15, 0.2) is 0 Å². The number of carbonyl (C=O) groups excluding carboxylic acids is 2. The molecule has 0 unspecified atom stereocenters. The standard InChI is InChI=1S/C12H25N5O4/c1-6(2)10(11(19)16-7(4-13)5-14)17-9(18)3-8(15)12(20)21/h6-8,10H,3-5,13-15H2,1-2H3,(H,16,19)(H,17,18)(H,20,21)/t8-,10-/m0/s1. The van der Waals surface area contributed by atoms with E-state index in [1.807, 2.05) is 0 Å². The van der Waals surface area contributed by atoms with Gasteiger partial charge in [-0.3, -0.25) is 14.4 Å². The Balaban J connectivity index is 4.65. The zero-order chi connectivity index (χ0) is 16.6. The van der Waals surface area contributed by atoms with Gasteiger partial charge in [-0.15, -0.1) is 0 Å². The highest BCUT2D eigenvalue weighted by molar-refractivity contribution is 5.90. The monoisotopic (exact) mass is 303 g/mol. The predicted octanol–water partition coefficient (Wildman–Crippen LogP) is -2.67. The number of hydrogen-bond acceptors (Lipinski definition) is 6. The van der Waals surface area contributed by atoms with Crippen molar-refractivity contribution in [1.29, 1.82) is 0 Å². The molecule has 0 saturated carbocycles. The van der Waals surface area contributed by atoms with Gasteiger partial charge in [-0.2, -0.15) is 0 Å². The minimum absolute atomic E-state index is 0.185. The summed E-state index contributed by atoms with van der Waals surface area (Å²) in [5, 5.41) is 13.8. The predicted molar refractivity (Wildman–Crippen MR) is 77.0 cm³/mol. The molecule has 0 bridgehead atoms. The van der Waals surface area contributed by atoms with E-state index in [0.717, 1.165) is 0 Å². The van der Waals surface area contributed by atoms with Crippen LogP contribution in [-0.2, 0) is 14.4 Å². The van der Waals surface area contributed by atoms with Crippen LogP contribution in [-0.4, -0.2) is 54.1 Å². The van der Waals surface area contributed by atoms with E-state index in [1.165, 1.54) is 0 Å². The Morgan fingerprint density at radius 3 is 2.00 bits per heavy atom. The maximum Gasteiger partial charge on any atom is 0.321 e. The summed E-state index contributed by atoms with van der Waals surface area (Å²) in [6, 6.07) is -2.49. The number of carboxylic acid groups (broad SMARTS) is 1. The third kappa shape index (κ3) is 7.02. The Morgan fingerprint density at radius 1 is 1.10 bits per heavy atom. The van der Waals surface area contributed by atoms with Crippen molar-refractivity contribution in [2.75, 3.05) is 13.1 Å². The van der Waals surface area contributed by atoms with Crippen LogP contribution in [0.5, 0.6) is 0 Å². The van der Waals surface area contributed by atoms with Crippen LogP contribution < -0.4 is 27.8 Å². The lowest BCUT2D eigenvalue weighted by molar-refractivity contribution is -0.140. The van der Waals surface area contributed by atoms with E-state index in [0.29, 0.717) is 0 Å². The first-order chi connectivity index (χ1) is 9.72. The summed E-state index contributed by atoms with van der Waals surface area (Å²) >= 11 is 0. The molecule has 9 N–H and O–H groups in total. The van der Waals surface area contributed by atoms with Gasteiger partial charge in [0, 0.05) is 13.1 Å². The fourth-order valence-electron chi connectivity index (χ4n) is 1.56. The molecular weight excluding hydrogens is 278 g/mol. The Kier molecular flexibility index (Phi) is 8.51. The van der Waals surface area contributed by atoms with E-state index in [1.54, 1.807) is 13.8 Å². The molecule has 2 amide bonds. The van der Waals surface area contributed by atoms with Gasteiger partial charge in [0.2, 0.25) is 11.8 Å². The lowest BCUT2D eigenvalue weighted by Gasteiger charge is -2.24. The third-order valence-corrected chi connectivity index (χ3v) is 2.90. The number of aliphatic carboxylic acids is 1. The minimum Gasteiger partial charge on any atom is -0.480 e. The quantitative estimate of drug-likeness (QED) is 0.269. The smallest absolute Gasteiger partial charge is 0.321 e. The molecule has 21 heavy (non-hydrogen) atoms. The van der Waals surface area contributed by atoms with Crippen LogP contribution in [0.2, 0.25) is 0 Å². The number of amides is 2. The van der Waals surface area contributed by atoms with Gasteiger partial charge in [-0.05, 0) is 5.92 Å². The van der Waals surface area contributed by atoms with Gasteiger partial charge in [0.1, 0.15) is 12.1 Å². The summed E-state index contributed by atoms with van der Waals surface area (Å²) < 4.78 is 0. The van der Waals surface area contributed by atoms with Crippen LogP contribution in [0.3, 0.4) is 0 Å². The maximum absolute atomic E-state index is 12.1. The summed E-state index contributed by atoms with van der Waals surface area (Å²) in [5.41, 5.74) is 16.2. The zero-order valence-electron chi connectivity index (χ0n) is 12.3. The first-order valence-corrected chi connectivity index (χ1v) is 6.71. The third-order valence-electron chi connectivity index (χ3n) is 2.90. The highest BCUT2D eigenvalue weighted by atomic mass is 16.4. The molecule has 0 saturated heterocycles. The van der Waals surface area contributed by atoms with Gasteiger partial charge < -0.3 is 32.9 Å². The Morgan fingerprint density at radius 2 is 1.62 bits per heavy atom. The van der Waals surface area contributed by atoms with Crippen LogP contribution in [0.4, 0.5) is 0 Å². The van der Waals surface area contributed by atoms with E-state index in [4.69, 9.17) is 22.3 Å². The normalized spacial score (nSPS) is 13.9. The molecule has 0 radical (unpaired) electrons. The number of carbonyl (C=O) groups is 3. The van der Waals surface area contributed by atoms with Crippen molar-refractivity contribution in [2.24, 2.45) is 23.1 Å². The Bertz CT molecular complexity index is 371. The first kappa shape index (κ1) is 19.3. The Labute approximate surface area is 123 Å². The van der Waals surface area contributed by atoms with Crippen molar-refractivity contribution >= 4 is 17.8 Å².